The Kier molecular flexibility index (Phi) is 8.81. The van der Waals surface area contributed by atoms with E-state index >= 15 is 0 Å². The predicted octanol–water partition coefficient (Wildman–Crippen LogP) is -0.736. The highest BCUT2D eigenvalue weighted by molar-refractivity contribution is 5.89. The Hall–Kier alpha value is -1.85. The minimum absolute atomic E-state index is 0.558. The highest BCUT2D eigenvalue weighted by atomic mass is 16.4. The van der Waals surface area contributed by atoms with Crippen molar-refractivity contribution in [2.75, 3.05) is 0 Å². The molecule has 0 bridgehead atoms. The monoisotopic (exact) mass is 160 g/mol. The second-order valence-electron chi connectivity index (χ2n) is 1.18. The lowest BCUT2D eigenvalue weighted by Gasteiger charge is -1.74. The topological polar surface area (TPSA) is 124 Å². The molecule has 0 spiro atoms. The molecule has 11 heavy (non-hydrogen) atoms. The molecule has 0 fully saturated rings. The van der Waals surface area contributed by atoms with Gasteiger partial charge in [-0.25, -0.2) is 9.59 Å². The van der Waals surface area contributed by atoms with Crippen LogP contribution in [0.25, 0.3) is 0 Å². The first-order valence-corrected chi connectivity index (χ1v) is 2.39. The van der Waals surface area contributed by atoms with Crippen LogP contribution in [0.15, 0.2) is 12.2 Å². The standard InChI is InChI=1S/C4H4O4.CH4N2/c5-3(6)1-2-4(7)8;2-1-3/h1-2H,(H,5,6)(H,7,8);1H,(H3,2,3)/b2-1+;. The molecule has 0 aromatic rings. The third kappa shape index (κ3) is 31.1. The molecular weight excluding hydrogens is 152 g/mol. The van der Waals surface area contributed by atoms with Crippen molar-refractivity contribution in [3.8, 4) is 0 Å². The molecule has 0 atom stereocenters. The van der Waals surface area contributed by atoms with Crippen molar-refractivity contribution in [2.24, 2.45) is 5.73 Å². The van der Waals surface area contributed by atoms with Gasteiger partial charge in [-0.05, 0) is 0 Å². The number of carbonyl (C=O) groups is 2. The van der Waals surface area contributed by atoms with Gasteiger partial charge in [0.15, 0.2) is 0 Å². The van der Waals surface area contributed by atoms with Crippen LogP contribution in [0.5, 0.6) is 0 Å². The van der Waals surface area contributed by atoms with Gasteiger partial charge in [0, 0.05) is 12.2 Å². The molecule has 0 aliphatic rings. The van der Waals surface area contributed by atoms with Gasteiger partial charge in [-0.1, -0.05) is 0 Å². The summed E-state index contributed by atoms with van der Waals surface area (Å²) >= 11 is 0. The van der Waals surface area contributed by atoms with Gasteiger partial charge in [-0.3, -0.25) is 5.41 Å². The van der Waals surface area contributed by atoms with Crippen molar-refractivity contribution < 1.29 is 19.8 Å². The molecule has 6 heteroatoms. The molecule has 0 amide bonds. The van der Waals surface area contributed by atoms with E-state index in [4.69, 9.17) is 15.6 Å². The van der Waals surface area contributed by atoms with E-state index in [1.54, 1.807) is 0 Å². The normalized spacial score (nSPS) is 8.00. The summed E-state index contributed by atoms with van der Waals surface area (Å²) < 4.78 is 0. The summed E-state index contributed by atoms with van der Waals surface area (Å²) in [5, 5.41) is 21.5. The van der Waals surface area contributed by atoms with Crippen molar-refractivity contribution in [3.05, 3.63) is 12.2 Å². The second kappa shape index (κ2) is 8.15. The zero-order valence-electron chi connectivity index (χ0n) is 5.52. The van der Waals surface area contributed by atoms with Gasteiger partial charge in [0.25, 0.3) is 0 Å². The van der Waals surface area contributed by atoms with Crippen LogP contribution in [0.2, 0.25) is 0 Å². The van der Waals surface area contributed by atoms with Crippen molar-refractivity contribution >= 4 is 18.3 Å². The highest BCUT2D eigenvalue weighted by Crippen LogP contribution is 1.70. The first kappa shape index (κ1) is 11.9. The Labute approximate surface area is 62.5 Å². The summed E-state index contributed by atoms with van der Waals surface area (Å²) in [6.45, 7) is 0. The van der Waals surface area contributed by atoms with Gasteiger partial charge in [0.2, 0.25) is 0 Å². The molecule has 0 aromatic heterocycles. The van der Waals surface area contributed by atoms with E-state index in [0.29, 0.717) is 12.2 Å². The fourth-order valence-corrected chi connectivity index (χ4v) is 0.143. The Morgan fingerprint density at radius 1 is 1.18 bits per heavy atom. The van der Waals surface area contributed by atoms with Crippen LogP contribution in [0, 0.1) is 5.41 Å². The molecule has 0 aromatic carbocycles. The van der Waals surface area contributed by atoms with Gasteiger partial charge < -0.3 is 15.9 Å². The van der Waals surface area contributed by atoms with E-state index in [0.717, 1.165) is 6.34 Å². The van der Waals surface area contributed by atoms with Crippen molar-refractivity contribution in [1.29, 1.82) is 5.41 Å². The summed E-state index contributed by atoms with van der Waals surface area (Å²) in [4.78, 5) is 19.1. The highest BCUT2D eigenvalue weighted by Gasteiger charge is 1.88. The van der Waals surface area contributed by atoms with Crippen LogP contribution < -0.4 is 5.73 Å². The number of rotatable bonds is 2. The molecule has 62 valence electrons. The molecule has 0 rings (SSSR count). The first-order chi connectivity index (χ1) is 5.04. The second-order valence-corrected chi connectivity index (χ2v) is 1.18. The van der Waals surface area contributed by atoms with Crippen LogP contribution in [-0.2, 0) is 9.59 Å². The third-order valence-electron chi connectivity index (χ3n) is 0.368. The number of hydrogen-bond acceptors (Lipinski definition) is 3. The van der Waals surface area contributed by atoms with Gasteiger partial charge in [-0.2, -0.15) is 0 Å². The van der Waals surface area contributed by atoms with E-state index in [2.05, 4.69) is 5.73 Å². The number of carboxylic acid groups (broad SMARTS) is 2. The quantitative estimate of drug-likeness (QED) is 0.240. The SMILES string of the molecule is N=CN.O=C(O)/C=C/C(=O)O. The van der Waals surface area contributed by atoms with Crippen LogP contribution in [0.1, 0.15) is 0 Å². The van der Waals surface area contributed by atoms with Gasteiger partial charge in [-0.15, -0.1) is 0 Å². The number of aliphatic carboxylic acids is 2. The van der Waals surface area contributed by atoms with Crippen LogP contribution >= 0.6 is 0 Å². The van der Waals surface area contributed by atoms with E-state index in [1.165, 1.54) is 0 Å². The Morgan fingerprint density at radius 2 is 1.36 bits per heavy atom. The number of nitrogens with one attached hydrogen (secondary N) is 1. The van der Waals surface area contributed by atoms with E-state index < -0.39 is 11.9 Å². The summed E-state index contributed by atoms with van der Waals surface area (Å²) in [5.41, 5.74) is 4.39. The zero-order valence-corrected chi connectivity index (χ0v) is 5.52. The minimum atomic E-state index is -1.26. The molecule has 0 aliphatic carbocycles. The molecule has 0 saturated carbocycles. The first-order valence-electron chi connectivity index (χ1n) is 2.39. The molecule has 0 aliphatic heterocycles. The summed E-state index contributed by atoms with van der Waals surface area (Å²) in [7, 11) is 0. The Morgan fingerprint density at radius 3 is 1.45 bits per heavy atom. The van der Waals surface area contributed by atoms with Crippen molar-refractivity contribution in [2.45, 2.75) is 0 Å². The van der Waals surface area contributed by atoms with E-state index in [-0.39, 0.29) is 0 Å². The average Bonchev–Trinajstić information content (AvgIpc) is 1.85. The van der Waals surface area contributed by atoms with Crippen LogP contribution in [0.4, 0.5) is 0 Å². The molecule has 6 nitrogen and oxygen atoms in total. The Bertz CT molecular complexity index is 159. The number of hydrogen-bond donors (Lipinski definition) is 4. The largest absolute Gasteiger partial charge is 0.478 e. The van der Waals surface area contributed by atoms with Crippen molar-refractivity contribution in [1.82, 2.24) is 0 Å². The van der Waals surface area contributed by atoms with Gasteiger partial charge in [0.05, 0.1) is 6.34 Å². The summed E-state index contributed by atoms with van der Waals surface area (Å²) in [6, 6.07) is 0. The maximum atomic E-state index is 9.55. The van der Waals surface area contributed by atoms with E-state index in [9.17, 15) is 9.59 Å². The fourth-order valence-electron chi connectivity index (χ4n) is 0.143. The minimum Gasteiger partial charge on any atom is -0.478 e. The van der Waals surface area contributed by atoms with Crippen LogP contribution in [0.3, 0.4) is 0 Å². The number of carboxylic acids is 2. The Balaban J connectivity index is 0. The average molecular weight is 160 g/mol. The van der Waals surface area contributed by atoms with Crippen LogP contribution in [-0.4, -0.2) is 28.5 Å². The lowest BCUT2D eigenvalue weighted by molar-refractivity contribution is -0.134. The molecule has 0 unspecified atom stereocenters. The maximum absolute atomic E-state index is 9.55. The fraction of sp³-hybridized carbons (Fsp3) is 0. The zero-order chi connectivity index (χ0) is 9.28. The molecule has 5 N–H and O–H groups in total. The summed E-state index contributed by atoms with van der Waals surface area (Å²) in [5.74, 6) is -2.51. The molecule has 0 saturated heterocycles. The third-order valence-corrected chi connectivity index (χ3v) is 0.368. The number of nitrogens with two attached hydrogens (primary N) is 1. The van der Waals surface area contributed by atoms with Gasteiger partial charge >= 0.3 is 11.9 Å². The maximum Gasteiger partial charge on any atom is 0.328 e. The smallest absolute Gasteiger partial charge is 0.328 e. The lowest BCUT2D eigenvalue weighted by Crippen LogP contribution is -1.91. The van der Waals surface area contributed by atoms with Gasteiger partial charge in [0.1, 0.15) is 0 Å². The van der Waals surface area contributed by atoms with E-state index in [1.807, 2.05) is 0 Å². The molecule has 0 heterocycles. The lowest BCUT2D eigenvalue weighted by atomic mass is 10.5. The summed E-state index contributed by atoms with van der Waals surface area (Å²) in [6.07, 6.45) is 1.87. The van der Waals surface area contributed by atoms with Crippen molar-refractivity contribution in [3.63, 3.8) is 0 Å². The molecular formula is C5H8N2O4. The predicted molar refractivity (Wildman–Crippen MR) is 37.4 cm³/mol. The molecule has 0 radical (unpaired) electrons.